The molecule has 2 unspecified atom stereocenters. The number of carbonyl (C=O) groups excluding carboxylic acids is 1. The number of benzene rings is 1. The van der Waals surface area contributed by atoms with Crippen LogP contribution in [0.15, 0.2) is 16.6 Å². The van der Waals surface area contributed by atoms with Crippen LogP contribution in [0.1, 0.15) is 6.42 Å². The summed E-state index contributed by atoms with van der Waals surface area (Å²) in [5, 5.41) is 5.33. The summed E-state index contributed by atoms with van der Waals surface area (Å²) >= 11 is 2.87. The number of halogens is 3. The van der Waals surface area contributed by atoms with Gasteiger partial charge in [-0.2, -0.15) is 0 Å². The van der Waals surface area contributed by atoms with Crippen LogP contribution in [0.4, 0.5) is 14.5 Å². The molecular weight excluding hydrogens is 322 g/mol. The molecule has 1 aliphatic rings. The summed E-state index contributed by atoms with van der Waals surface area (Å²) in [6, 6.07) is 1.46. The smallest absolute Gasteiger partial charge is 0.241 e. The van der Waals surface area contributed by atoms with E-state index in [0.29, 0.717) is 13.0 Å². The molecule has 0 spiro atoms. The van der Waals surface area contributed by atoms with Gasteiger partial charge in [0.15, 0.2) is 0 Å². The van der Waals surface area contributed by atoms with Crippen LogP contribution in [0.5, 0.6) is 0 Å². The minimum atomic E-state index is -0.692. The van der Waals surface area contributed by atoms with Crippen LogP contribution in [0.2, 0.25) is 0 Å². The Balaban J connectivity index is 2.05. The summed E-state index contributed by atoms with van der Waals surface area (Å²) in [6.45, 7) is 0.561. The number of methoxy groups -OCH3 is 1. The molecule has 2 atom stereocenters. The maximum Gasteiger partial charge on any atom is 0.241 e. The highest BCUT2D eigenvalue weighted by Crippen LogP contribution is 2.24. The average molecular weight is 335 g/mol. The van der Waals surface area contributed by atoms with Crippen molar-refractivity contribution in [2.24, 2.45) is 0 Å². The molecule has 0 bridgehead atoms. The molecular formula is C12H13BrF2N2O2. The number of rotatable bonds is 3. The lowest BCUT2D eigenvalue weighted by Crippen LogP contribution is -2.35. The van der Waals surface area contributed by atoms with E-state index in [-0.39, 0.29) is 16.3 Å². The topological polar surface area (TPSA) is 50.4 Å². The van der Waals surface area contributed by atoms with Crippen molar-refractivity contribution in [3.8, 4) is 0 Å². The first-order chi connectivity index (χ1) is 9.01. The van der Waals surface area contributed by atoms with Crippen molar-refractivity contribution in [3.05, 3.63) is 28.2 Å². The molecule has 1 amide bonds. The van der Waals surface area contributed by atoms with Crippen LogP contribution in [0, 0.1) is 11.6 Å². The Hall–Kier alpha value is -1.05. The van der Waals surface area contributed by atoms with E-state index >= 15 is 0 Å². The molecule has 0 saturated carbocycles. The monoisotopic (exact) mass is 334 g/mol. The summed E-state index contributed by atoms with van der Waals surface area (Å²) < 4.78 is 32.0. The number of hydrogen-bond donors (Lipinski definition) is 2. The standard InChI is InChI=1S/C12H13BrF2N2O2/c1-19-6-2-11(16-5-6)12(18)17-10-4-8(14)7(13)3-9(10)15/h3-4,6,11,16H,2,5H2,1H3,(H,17,18). The third-order valence-corrected chi connectivity index (χ3v) is 3.62. The van der Waals surface area contributed by atoms with Crippen LogP contribution >= 0.6 is 15.9 Å². The van der Waals surface area contributed by atoms with E-state index in [0.717, 1.165) is 12.1 Å². The summed E-state index contributed by atoms with van der Waals surface area (Å²) in [6.07, 6.45) is 0.463. The Morgan fingerprint density at radius 3 is 2.84 bits per heavy atom. The lowest BCUT2D eigenvalue weighted by Gasteiger charge is -2.12. The fourth-order valence-electron chi connectivity index (χ4n) is 1.92. The van der Waals surface area contributed by atoms with Crippen LogP contribution in [-0.4, -0.2) is 31.7 Å². The average Bonchev–Trinajstić information content (AvgIpc) is 2.84. The molecule has 1 aromatic rings. The molecule has 1 aliphatic heterocycles. The van der Waals surface area contributed by atoms with Crippen molar-refractivity contribution >= 4 is 27.5 Å². The fourth-order valence-corrected chi connectivity index (χ4v) is 2.24. The van der Waals surface area contributed by atoms with E-state index in [2.05, 4.69) is 26.6 Å². The number of anilines is 1. The molecule has 7 heteroatoms. The summed E-state index contributed by atoms with van der Waals surface area (Å²) in [7, 11) is 1.57. The summed E-state index contributed by atoms with van der Waals surface area (Å²) in [5.74, 6) is -1.73. The van der Waals surface area contributed by atoms with Gasteiger partial charge in [0.05, 0.1) is 22.3 Å². The second-order valence-corrected chi connectivity index (χ2v) is 5.14. The molecule has 2 rings (SSSR count). The predicted octanol–water partition coefficient (Wildman–Crippen LogP) is 2.04. The highest BCUT2D eigenvalue weighted by Gasteiger charge is 2.29. The second kappa shape index (κ2) is 5.94. The van der Waals surface area contributed by atoms with Gasteiger partial charge in [0.1, 0.15) is 11.6 Å². The first kappa shape index (κ1) is 14.4. The number of hydrogen-bond acceptors (Lipinski definition) is 3. The molecule has 1 saturated heterocycles. The van der Waals surface area contributed by atoms with Gasteiger partial charge in [0.2, 0.25) is 5.91 Å². The minimum Gasteiger partial charge on any atom is -0.380 e. The van der Waals surface area contributed by atoms with Gasteiger partial charge in [0, 0.05) is 19.7 Å². The highest BCUT2D eigenvalue weighted by molar-refractivity contribution is 9.10. The minimum absolute atomic E-state index is 0.0152. The van der Waals surface area contributed by atoms with Gasteiger partial charge >= 0.3 is 0 Å². The Morgan fingerprint density at radius 2 is 2.21 bits per heavy atom. The van der Waals surface area contributed by atoms with E-state index in [1.165, 1.54) is 0 Å². The van der Waals surface area contributed by atoms with Crippen LogP contribution in [-0.2, 0) is 9.53 Å². The Morgan fingerprint density at radius 1 is 1.47 bits per heavy atom. The summed E-state index contributed by atoms with van der Waals surface area (Å²) in [4.78, 5) is 11.9. The van der Waals surface area contributed by atoms with E-state index in [4.69, 9.17) is 4.74 Å². The Kier molecular flexibility index (Phi) is 4.49. The van der Waals surface area contributed by atoms with Gasteiger partial charge in [-0.1, -0.05) is 0 Å². The fraction of sp³-hybridized carbons (Fsp3) is 0.417. The zero-order valence-corrected chi connectivity index (χ0v) is 11.8. The van der Waals surface area contributed by atoms with Crippen molar-refractivity contribution in [2.45, 2.75) is 18.6 Å². The van der Waals surface area contributed by atoms with Gasteiger partial charge < -0.3 is 15.4 Å². The van der Waals surface area contributed by atoms with Gasteiger partial charge in [-0.25, -0.2) is 8.78 Å². The van der Waals surface area contributed by atoms with Crippen LogP contribution in [0.25, 0.3) is 0 Å². The molecule has 0 radical (unpaired) electrons. The van der Waals surface area contributed by atoms with E-state index < -0.39 is 23.6 Å². The molecule has 2 N–H and O–H groups in total. The number of ether oxygens (including phenoxy) is 1. The lowest BCUT2D eigenvalue weighted by molar-refractivity contribution is -0.118. The maximum absolute atomic E-state index is 13.6. The third-order valence-electron chi connectivity index (χ3n) is 3.01. The Labute approximate surface area is 117 Å². The van der Waals surface area contributed by atoms with Gasteiger partial charge in [-0.3, -0.25) is 4.79 Å². The molecule has 1 heterocycles. The number of amides is 1. The predicted molar refractivity (Wildman–Crippen MR) is 69.9 cm³/mol. The van der Waals surface area contributed by atoms with Gasteiger partial charge in [-0.15, -0.1) is 0 Å². The first-order valence-corrected chi connectivity index (χ1v) is 6.52. The highest BCUT2D eigenvalue weighted by atomic mass is 79.9. The largest absolute Gasteiger partial charge is 0.380 e. The quantitative estimate of drug-likeness (QED) is 0.832. The first-order valence-electron chi connectivity index (χ1n) is 5.73. The van der Waals surface area contributed by atoms with Gasteiger partial charge in [-0.05, 0) is 28.4 Å². The molecule has 0 aromatic heterocycles. The van der Waals surface area contributed by atoms with Crippen molar-refractivity contribution in [2.75, 3.05) is 19.0 Å². The number of nitrogens with one attached hydrogen (secondary N) is 2. The molecule has 19 heavy (non-hydrogen) atoms. The number of carbonyl (C=O) groups is 1. The SMILES string of the molecule is COC1CNC(C(=O)Nc2cc(F)c(Br)cc2F)C1. The zero-order chi connectivity index (χ0) is 14.0. The summed E-state index contributed by atoms with van der Waals surface area (Å²) in [5.41, 5.74) is -0.173. The third kappa shape index (κ3) is 3.29. The molecule has 1 aromatic carbocycles. The lowest BCUT2D eigenvalue weighted by atomic mass is 10.2. The molecule has 4 nitrogen and oxygen atoms in total. The van der Waals surface area contributed by atoms with Crippen LogP contribution < -0.4 is 10.6 Å². The second-order valence-electron chi connectivity index (χ2n) is 4.29. The molecule has 0 aliphatic carbocycles. The normalized spacial score (nSPS) is 22.5. The van der Waals surface area contributed by atoms with Gasteiger partial charge in [0.25, 0.3) is 0 Å². The van der Waals surface area contributed by atoms with Crippen molar-refractivity contribution in [1.82, 2.24) is 5.32 Å². The maximum atomic E-state index is 13.6. The molecule has 1 fully saturated rings. The zero-order valence-electron chi connectivity index (χ0n) is 10.2. The Bertz CT molecular complexity index is 499. The van der Waals surface area contributed by atoms with E-state index in [9.17, 15) is 13.6 Å². The van der Waals surface area contributed by atoms with Crippen molar-refractivity contribution in [3.63, 3.8) is 0 Å². The van der Waals surface area contributed by atoms with E-state index in [1.807, 2.05) is 0 Å². The molecule has 104 valence electrons. The van der Waals surface area contributed by atoms with E-state index in [1.54, 1.807) is 7.11 Å². The van der Waals surface area contributed by atoms with Crippen LogP contribution in [0.3, 0.4) is 0 Å². The van der Waals surface area contributed by atoms with Crippen molar-refractivity contribution < 1.29 is 18.3 Å². The van der Waals surface area contributed by atoms with Crippen molar-refractivity contribution in [1.29, 1.82) is 0 Å².